The van der Waals surface area contributed by atoms with E-state index in [1.165, 1.54) is 0 Å². The average molecular weight is 371 g/mol. The molecule has 0 atom stereocenters. The maximum Gasteiger partial charge on any atom is 0.254 e. The van der Waals surface area contributed by atoms with Crippen molar-refractivity contribution in [3.8, 4) is 11.8 Å². The van der Waals surface area contributed by atoms with Gasteiger partial charge in [-0.05, 0) is 41.5 Å². The van der Waals surface area contributed by atoms with Gasteiger partial charge in [0.1, 0.15) is 12.4 Å². The molecular weight excluding hydrogens is 350 g/mol. The number of aromatic nitrogens is 1. The first kappa shape index (κ1) is 19.1. The van der Waals surface area contributed by atoms with Crippen molar-refractivity contribution in [1.82, 2.24) is 9.88 Å². The number of carbonyl (C=O) groups is 1. The van der Waals surface area contributed by atoms with E-state index >= 15 is 0 Å². The molecule has 0 unspecified atom stereocenters. The molecule has 28 heavy (non-hydrogen) atoms. The molecule has 1 amide bonds. The molecule has 0 spiro atoms. The third-order valence-electron chi connectivity index (χ3n) is 4.23. The largest absolute Gasteiger partial charge is 0.489 e. The van der Waals surface area contributed by atoms with E-state index in [1.54, 1.807) is 29.4 Å². The first-order valence-electron chi connectivity index (χ1n) is 9.08. The van der Waals surface area contributed by atoms with Crippen LogP contribution in [-0.2, 0) is 13.2 Å². The molecule has 140 valence electrons. The van der Waals surface area contributed by atoms with Crippen LogP contribution in [0.15, 0.2) is 79.1 Å². The Balaban J connectivity index is 1.65. The summed E-state index contributed by atoms with van der Waals surface area (Å²) in [5.41, 5.74) is 2.50. The zero-order valence-corrected chi connectivity index (χ0v) is 15.5. The van der Waals surface area contributed by atoms with Crippen LogP contribution in [-0.4, -0.2) is 22.3 Å². The normalized spacial score (nSPS) is 10.1. The van der Waals surface area contributed by atoms with Crippen LogP contribution in [0.2, 0.25) is 0 Å². The molecule has 2 aromatic carbocycles. The molecule has 0 radical (unpaired) electrons. The number of nitrogens with zero attached hydrogens (tertiary/aromatic N) is 3. The summed E-state index contributed by atoms with van der Waals surface area (Å²) < 4.78 is 5.73. The van der Waals surface area contributed by atoms with E-state index in [0.29, 0.717) is 25.3 Å². The highest BCUT2D eigenvalue weighted by atomic mass is 16.5. The molecule has 3 aromatic rings. The van der Waals surface area contributed by atoms with Crippen molar-refractivity contribution in [1.29, 1.82) is 5.26 Å². The smallest absolute Gasteiger partial charge is 0.254 e. The van der Waals surface area contributed by atoms with Gasteiger partial charge in [0.05, 0.1) is 12.5 Å². The lowest BCUT2D eigenvalue weighted by Crippen LogP contribution is -2.31. The van der Waals surface area contributed by atoms with Gasteiger partial charge in [-0.15, -0.1) is 0 Å². The van der Waals surface area contributed by atoms with Gasteiger partial charge >= 0.3 is 0 Å². The maximum atomic E-state index is 12.9. The second kappa shape index (κ2) is 9.89. The molecule has 0 aliphatic carbocycles. The summed E-state index contributed by atoms with van der Waals surface area (Å²) in [6.45, 7) is 1.24. The Morgan fingerprint density at radius 3 is 2.46 bits per heavy atom. The lowest BCUT2D eigenvalue weighted by atomic mass is 10.1. The van der Waals surface area contributed by atoms with Gasteiger partial charge in [0, 0.05) is 31.0 Å². The molecular formula is C23H21N3O2. The highest BCUT2D eigenvalue weighted by Crippen LogP contribution is 2.14. The summed E-state index contributed by atoms with van der Waals surface area (Å²) >= 11 is 0. The Labute approximate surface area is 164 Å². The molecule has 0 saturated heterocycles. The van der Waals surface area contributed by atoms with Crippen LogP contribution < -0.4 is 4.74 Å². The summed E-state index contributed by atoms with van der Waals surface area (Å²) in [6, 6.07) is 22.9. The SMILES string of the molecule is N#CCCN(Cc1cccnc1)C(=O)c1ccc(COc2ccccc2)cc1. The summed E-state index contributed by atoms with van der Waals surface area (Å²) in [5, 5.41) is 8.91. The van der Waals surface area contributed by atoms with Crippen LogP contribution >= 0.6 is 0 Å². The minimum absolute atomic E-state index is 0.102. The molecule has 5 nitrogen and oxygen atoms in total. The van der Waals surface area contributed by atoms with Crippen molar-refractivity contribution in [2.75, 3.05) is 6.54 Å². The van der Waals surface area contributed by atoms with Gasteiger partial charge in [-0.3, -0.25) is 9.78 Å². The lowest BCUT2D eigenvalue weighted by Gasteiger charge is -2.22. The number of amides is 1. The van der Waals surface area contributed by atoms with Gasteiger partial charge in [-0.25, -0.2) is 0 Å². The van der Waals surface area contributed by atoms with Gasteiger partial charge in [0.15, 0.2) is 0 Å². The third-order valence-corrected chi connectivity index (χ3v) is 4.23. The van der Waals surface area contributed by atoms with E-state index < -0.39 is 0 Å². The first-order valence-corrected chi connectivity index (χ1v) is 9.08. The zero-order chi connectivity index (χ0) is 19.6. The predicted molar refractivity (Wildman–Crippen MR) is 106 cm³/mol. The van der Waals surface area contributed by atoms with E-state index in [0.717, 1.165) is 16.9 Å². The van der Waals surface area contributed by atoms with E-state index in [-0.39, 0.29) is 12.3 Å². The molecule has 0 fully saturated rings. The quantitative estimate of drug-likeness (QED) is 0.595. The van der Waals surface area contributed by atoms with Crippen molar-refractivity contribution in [3.05, 3.63) is 95.8 Å². The molecule has 0 aliphatic heterocycles. The standard InChI is InChI=1S/C23H21N3O2/c24-13-5-15-26(17-20-6-4-14-25-16-20)23(27)21-11-9-19(10-12-21)18-28-22-7-2-1-3-8-22/h1-4,6-12,14,16H,5,15,17-18H2. The summed E-state index contributed by atoms with van der Waals surface area (Å²) in [6.07, 6.45) is 3.72. The molecule has 1 aromatic heterocycles. The fourth-order valence-electron chi connectivity index (χ4n) is 2.76. The van der Waals surface area contributed by atoms with Crippen molar-refractivity contribution in [2.24, 2.45) is 0 Å². The maximum absolute atomic E-state index is 12.9. The minimum Gasteiger partial charge on any atom is -0.489 e. The molecule has 0 aliphatic rings. The fourth-order valence-corrected chi connectivity index (χ4v) is 2.76. The number of para-hydroxylation sites is 1. The monoisotopic (exact) mass is 371 g/mol. The van der Waals surface area contributed by atoms with Gasteiger partial charge in [0.25, 0.3) is 5.91 Å². The highest BCUT2D eigenvalue weighted by molar-refractivity contribution is 5.94. The highest BCUT2D eigenvalue weighted by Gasteiger charge is 2.16. The van der Waals surface area contributed by atoms with Crippen molar-refractivity contribution >= 4 is 5.91 Å². The Morgan fingerprint density at radius 2 is 1.79 bits per heavy atom. The summed E-state index contributed by atoms with van der Waals surface area (Å²) in [5.74, 6) is 0.705. The second-order valence-electron chi connectivity index (χ2n) is 6.29. The molecule has 5 heteroatoms. The Morgan fingerprint density at radius 1 is 1.00 bits per heavy atom. The number of carbonyl (C=O) groups excluding carboxylic acids is 1. The minimum atomic E-state index is -0.102. The first-order chi connectivity index (χ1) is 13.8. The van der Waals surface area contributed by atoms with E-state index in [9.17, 15) is 4.79 Å². The molecule has 0 bridgehead atoms. The number of pyridine rings is 1. The third kappa shape index (κ3) is 5.42. The van der Waals surface area contributed by atoms with Crippen LogP contribution in [0, 0.1) is 11.3 Å². The molecule has 0 N–H and O–H groups in total. The Bertz CT molecular complexity index is 920. The number of hydrogen-bond acceptors (Lipinski definition) is 4. The summed E-state index contributed by atoms with van der Waals surface area (Å²) in [7, 11) is 0. The van der Waals surface area contributed by atoms with E-state index in [1.807, 2.05) is 54.6 Å². The zero-order valence-electron chi connectivity index (χ0n) is 15.5. The van der Waals surface area contributed by atoms with Crippen molar-refractivity contribution < 1.29 is 9.53 Å². The van der Waals surface area contributed by atoms with Gasteiger partial charge in [-0.1, -0.05) is 36.4 Å². The van der Waals surface area contributed by atoms with Crippen molar-refractivity contribution in [3.63, 3.8) is 0 Å². The number of benzene rings is 2. The van der Waals surface area contributed by atoms with E-state index in [4.69, 9.17) is 10.00 Å². The molecule has 0 saturated carbocycles. The van der Waals surface area contributed by atoms with Crippen molar-refractivity contribution in [2.45, 2.75) is 19.6 Å². The average Bonchev–Trinajstić information content (AvgIpc) is 2.76. The van der Waals surface area contributed by atoms with Crippen LogP contribution in [0.1, 0.15) is 27.9 Å². The van der Waals surface area contributed by atoms with Crippen LogP contribution in [0.5, 0.6) is 5.75 Å². The van der Waals surface area contributed by atoms with Crippen LogP contribution in [0.4, 0.5) is 0 Å². The number of ether oxygens (including phenoxy) is 1. The Kier molecular flexibility index (Phi) is 6.75. The van der Waals surface area contributed by atoms with Gasteiger partial charge in [-0.2, -0.15) is 5.26 Å². The predicted octanol–water partition coefficient (Wildman–Crippen LogP) is 4.22. The molecule has 3 rings (SSSR count). The van der Waals surface area contributed by atoms with Crippen LogP contribution in [0.25, 0.3) is 0 Å². The Hall–Kier alpha value is -3.65. The number of hydrogen-bond donors (Lipinski definition) is 0. The van der Waals surface area contributed by atoms with E-state index in [2.05, 4.69) is 11.1 Å². The van der Waals surface area contributed by atoms with Gasteiger partial charge in [0.2, 0.25) is 0 Å². The second-order valence-corrected chi connectivity index (χ2v) is 6.29. The number of nitriles is 1. The number of rotatable bonds is 8. The molecule has 1 heterocycles. The lowest BCUT2D eigenvalue weighted by molar-refractivity contribution is 0.0746. The van der Waals surface area contributed by atoms with Crippen LogP contribution in [0.3, 0.4) is 0 Å². The summed E-state index contributed by atoms with van der Waals surface area (Å²) in [4.78, 5) is 18.7. The fraction of sp³-hybridized carbons (Fsp3) is 0.174. The van der Waals surface area contributed by atoms with Gasteiger partial charge < -0.3 is 9.64 Å². The topological polar surface area (TPSA) is 66.2 Å².